The van der Waals surface area contributed by atoms with Crippen LogP contribution in [0.1, 0.15) is 0 Å². The molecule has 0 saturated carbocycles. The maximum Gasteiger partial charge on any atom is 0.277 e. The second-order valence-electron chi connectivity index (χ2n) is 9.73. The average molecular weight is 628 g/mol. The summed E-state index contributed by atoms with van der Waals surface area (Å²) in [7, 11) is -9.20. The molecule has 13 heteroatoms. The Hall–Kier alpha value is -3.82. The van der Waals surface area contributed by atoms with E-state index in [1.807, 2.05) is 0 Å². The van der Waals surface area contributed by atoms with E-state index in [-0.39, 0.29) is 21.2 Å². The summed E-state index contributed by atoms with van der Waals surface area (Å²) in [6.45, 7) is -0.619. The minimum absolute atomic E-state index is 0.134. The van der Waals surface area contributed by atoms with Crippen molar-refractivity contribution in [3.63, 3.8) is 0 Å². The molecule has 5 rings (SSSR count). The smallest absolute Gasteiger partial charge is 0.277 e. The lowest BCUT2D eigenvalue weighted by atomic mass is 9.99. The van der Waals surface area contributed by atoms with E-state index in [1.165, 1.54) is 66.7 Å². The molecule has 43 heavy (non-hydrogen) atoms. The van der Waals surface area contributed by atoms with E-state index < -0.39 is 57.4 Å². The Labute approximate surface area is 248 Å². The Balaban J connectivity index is 1.53. The summed E-state index contributed by atoms with van der Waals surface area (Å²) in [5, 5.41) is 39.9. The third-order valence-electron chi connectivity index (χ3n) is 6.84. The standard InChI is InChI=1S/C30H29NO10S2/c32-19-26-27(33)28(34)29(35)30(41-26)40-23-12-8-10-21(18-23)20-9-7-11-22(17-20)31(42(36,37)24-13-3-1-4-14-24)43(38,39)25-15-5-2-6-16-25/h1-18,26-30,32-35H,19H2/t26-,27+,28+,29-,30-/m1/s1. The number of benzene rings is 4. The van der Waals surface area contributed by atoms with Crippen molar-refractivity contribution in [1.82, 2.24) is 0 Å². The van der Waals surface area contributed by atoms with Crippen molar-refractivity contribution in [3.8, 4) is 16.9 Å². The van der Waals surface area contributed by atoms with Gasteiger partial charge in [-0.3, -0.25) is 0 Å². The fraction of sp³-hybridized carbons (Fsp3) is 0.200. The predicted molar refractivity (Wildman–Crippen MR) is 156 cm³/mol. The molecule has 4 N–H and O–H groups in total. The first-order valence-electron chi connectivity index (χ1n) is 13.1. The molecule has 4 aromatic rings. The minimum Gasteiger partial charge on any atom is -0.462 e. The highest BCUT2D eigenvalue weighted by Gasteiger charge is 2.44. The molecule has 1 saturated heterocycles. The summed E-state index contributed by atoms with van der Waals surface area (Å²) in [6.07, 6.45) is -7.37. The third kappa shape index (κ3) is 6.15. The van der Waals surface area contributed by atoms with Crippen molar-refractivity contribution in [1.29, 1.82) is 0 Å². The van der Waals surface area contributed by atoms with Crippen LogP contribution in [0.3, 0.4) is 0 Å². The number of ether oxygens (including phenoxy) is 2. The SMILES string of the molecule is O=S(=O)(c1ccccc1)N(c1cccc(-c2cccc(O[C@@H]3O[C@H](CO)[C@H](O)[C@H](O)[C@H]3O)c2)c1)S(=O)(=O)c1ccccc1. The third-order valence-corrected chi connectivity index (χ3v) is 11.1. The lowest BCUT2D eigenvalue weighted by molar-refractivity contribution is -0.277. The van der Waals surface area contributed by atoms with Crippen molar-refractivity contribution >= 4 is 25.7 Å². The Morgan fingerprint density at radius 1 is 0.651 bits per heavy atom. The molecule has 1 fully saturated rings. The molecule has 11 nitrogen and oxygen atoms in total. The topological polar surface area (TPSA) is 171 Å². The largest absolute Gasteiger partial charge is 0.462 e. The lowest BCUT2D eigenvalue weighted by Gasteiger charge is -2.39. The molecule has 226 valence electrons. The summed E-state index contributed by atoms with van der Waals surface area (Å²) in [6, 6.07) is 26.8. The Morgan fingerprint density at radius 2 is 1.19 bits per heavy atom. The summed E-state index contributed by atoms with van der Waals surface area (Å²) < 4.78 is 66.9. The van der Waals surface area contributed by atoms with Gasteiger partial charge in [0.25, 0.3) is 20.0 Å². The number of aliphatic hydroxyl groups is 4. The first kappa shape index (κ1) is 30.6. The van der Waals surface area contributed by atoms with Crippen LogP contribution in [0.4, 0.5) is 5.69 Å². The van der Waals surface area contributed by atoms with E-state index in [1.54, 1.807) is 42.5 Å². The first-order chi connectivity index (χ1) is 20.5. The van der Waals surface area contributed by atoms with Gasteiger partial charge >= 0.3 is 0 Å². The van der Waals surface area contributed by atoms with Crippen LogP contribution in [-0.4, -0.2) is 74.6 Å². The number of nitrogens with zero attached hydrogens (tertiary/aromatic N) is 1. The van der Waals surface area contributed by atoms with E-state index in [0.717, 1.165) is 0 Å². The minimum atomic E-state index is -4.60. The molecule has 0 aliphatic carbocycles. The van der Waals surface area contributed by atoms with Gasteiger partial charge in [0.15, 0.2) is 0 Å². The number of rotatable bonds is 9. The van der Waals surface area contributed by atoms with Crippen LogP contribution in [0, 0.1) is 0 Å². The van der Waals surface area contributed by atoms with Crippen LogP contribution < -0.4 is 8.45 Å². The monoisotopic (exact) mass is 627 g/mol. The zero-order chi connectivity index (χ0) is 30.8. The maximum atomic E-state index is 13.8. The quantitative estimate of drug-likeness (QED) is 0.216. The van der Waals surface area contributed by atoms with Gasteiger partial charge in [0.05, 0.1) is 22.1 Å². The zero-order valence-electron chi connectivity index (χ0n) is 22.5. The van der Waals surface area contributed by atoms with Crippen molar-refractivity contribution in [2.45, 2.75) is 40.5 Å². The molecular formula is C30H29NO10S2. The van der Waals surface area contributed by atoms with Crippen molar-refractivity contribution in [2.24, 2.45) is 0 Å². The summed E-state index contributed by atoms with van der Waals surface area (Å²) in [5.74, 6) is 0.179. The van der Waals surface area contributed by atoms with Crippen molar-refractivity contribution in [3.05, 3.63) is 109 Å². The van der Waals surface area contributed by atoms with E-state index >= 15 is 0 Å². The van der Waals surface area contributed by atoms with Gasteiger partial charge in [-0.1, -0.05) is 60.7 Å². The fourth-order valence-corrected chi connectivity index (χ4v) is 8.35. The van der Waals surface area contributed by atoms with Crippen LogP contribution in [0.25, 0.3) is 11.1 Å². The zero-order valence-corrected chi connectivity index (χ0v) is 24.1. The molecule has 1 aliphatic heterocycles. The highest BCUT2D eigenvalue weighted by atomic mass is 32.3. The molecule has 0 bridgehead atoms. The Bertz CT molecular complexity index is 1700. The highest BCUT2D eigenvalue weighted by molar-refractivity contribution is 8.10. The lowest BCUT2D eigenvalue weighted by Crippen LogP contribution is -2.60. The second-order valence-corrected chi connectivity index (χ2v) is 13.5. The average Bonchev–Trinajstić information content (AvgIpc) is 3.02. The molecule has 1 heterocycles. The Kier molecular flexibility index (Phi) is 8.85. The molecule has 0 spiro atoms. The van der Waals surface area contributed by atoms with Gasteiger partial charge in [-0.25, -0.2) is 16.8 Å². The van der Waals surface area contributed by atoms with E-state index in [4.69, 9.17) is 9.47 Å². The second kappa shape index (κ2) is 12.4. The molecule has 0 aromatic heterocycles. The molecule has 4 aromatic carbocycles. The van der Waals surface area contributed by atoms with E-state index in [9.17, 15) is 37.3 Å². The van der Waals surface area contributed by atoms with Crippen LogP contribution >= 0.6 is 0 Å². The molecule has 1 aliphatic rings. The molecule has 0 unspecified atom stereocenters. The van der Waals surface area contributed by atoms with Gasteiger partial charge in [-0.05, 0) is 59.7 Å². The van der Waals surface area contributed by atoms with Gasteiger partial charge in [-0.15, -0.1) is 0 Å². The molecule has 0 amide bonds. The van der Waals surface area contributed by atoms with Crippen LogP contribution in [-0.2, 0) is 24.8 Å². The molecule has 5 atom stereocenters. The van der Waals surface area contributed by atoms with Crippen molar-refractivity contribution < 1.29 is 46.7 Å². The number of hydrogen-bond acceptors (Lipinski definition) is 10. The normalized spacial score (nSPS) is 22.6. The predicted octanol–water partition coefficient (Wildman–Crippen LogP) is 2.12. The fourth-order valence-electron chi connectivity index (χ4n) is 4.63. The van der Waals surface area contributed by atoms with Crippen molar-refractivity contribution in [2.75, 3.05) is 10.3 Å². The summed E-state index contributed by atoms with van der Waals surface area (Å²) in [5.41, 5.74) is 0.803. The number of hydrogen-bond donors (Lipinski definition) is 4. The van der Waals surface area contributed by atoms with Gasteiger partial charge < -0.3 is 29.9 Å². The maximum absolute atomic E-state index is 13.8. The number of sulfonamides is 2. The van der Waals surface area contributed by atoms with Crippen LogP contribution in [0.2, 0.25) is 0 Å². The van der Waals surface area contributed by atoms with E-state index in [2.05, 4.69) is 0 Å². The van der Waals surface area contributed by atoms with E-state index in [0.29, 0.717) is 14.8 Å². The number of aliphatic hydroxyl groups excluding tert-OH is 4. The summed E-state index contributed by atoms with van der Waals surface area (Å²) >= 11 is 0. The first-order valence-corrected chi connectivity index (χ1v) is 16.0. The molecule has 0 radical (unpaired) electrons. The van der Waals surface area contributed by atoms with Gasteiger partial charge in [0.1, 0.15) is 30.2 Å². The Morgan fingerprint density at radius 3 is 1.74 bits per heavy atom. The number of anilines is 1. The van der Waals surface area contributed by atoms with Gasteiger partial charge in [-0.2, -0.15) is 3.71 Å². The van der Waals surface area contributed by atoms with Gasteiger partial charge in [0.2, 0.25) is 6.29 Å². The van der Waals surface area contributed by atoms with Gasteiger partial charge in [0, 0.05) is 0 Å². The molecular weight excluding hydrogens is 598 g/mol. The highest BCUT2D eigenvalue weighted by Crippen LogP contribution is 2.35. The van der Waals surface area contributed by atoms with Crippen LogP contribution in [0.15, 0.2) is 119 Å². The summed E-state index contributed by atoms with van der Waals surface area (Å²) in [4.78, 5) is -0.426. The van der Waals surface area contributed by atoms with Crippen LogP contribution in [0.5, 0.6) is 5.75 Å².